The Morgan fingerprint density at radius 2 is 1.96 bits per heavy atom. The second-order valence-corrected chi connectivity index (χ2v) is 7.12. The van der Waals surface area contributed by atoms with Crippen LogP contribution in [0.2, 0.25) is 5.02 Å². The van der Waals surface area contributed by atoms with Gasteiger partial charge in [0.15, 0.2) is 5.16 Å². The van der Waals surface area contributed by atoms with E-state index in [4.69, 9.17) is 16.3 Å². The van der Waals surface area contributed by atoms with E-state index in [-0.39, 0.29) is 0 Å². The van der Waals surface area contributed by atoms with E-state index in [0.29, 0.717) is 13.0 Å². The third-order valence-corrected chi connectivity index (χ3v) is 5.16. The van der Waals surface area contributed by atoms with Gasteiger partial charge in [-0.15, -0.1) is 16.8 Å². The number of methoxy groups -OCH3 is 1. The summed E-state index contributed by atoms with van der Waals surface area (Å²) in [6.07, 6.45) is 2.58. The number of ether oxygens (including phenoxy) is 1. The molecule has 0 aliphatic carbocycles. The Kier molecular flexibility index (Phi) is 6.36. The molecule has 26 heavy (non-hydrogen) atoms. The first-order chi connectivity index (χ1) is 12.7. The van der Waals surface area contributed by atoms with E-state index in [1.165, 1.54) is 0 Å². The summed E-state index contributed by atoms with van der Waals surface area (Å²) in [6.45, 7) is 4.53. The summed E-state index contributed by atoms with van der Waals surface area (Å²) in [5, 5.41) is 10.4. The molecule has 0 saturated heterocycles. The van der Waals surface area contributed by atoms with Gasteiger partial charge in [-0.05, 0) is 35.4 Å². The monoisotopic (exact) mass is 385 g/mol. The predicted octanol–water partition coefficient (Wildman–Crippen LogP) is 5.01. The molecule has 0 amide bonds. The molecule has 0 spiro atoms. The first-order valence-electron chi connectivity index (χ1n) is 8.22. The van der Waals surface area contributed by atoms with Gasteiger partial charge in [0.25, 0.3) is 0 Å². The highest BCUT2D eigenvalue weighted by molar-refractivity contribution is 7.98. The SMILES string of the molecule is C=CCn1c(Cc2ccc(OC)cc2)nnc1SCc1cccc(Cl)c1. The Bertz CT molecular complexity index is 877. The van der Waals surface area contributed by atoms with Crippen molar-refractivity contribution >= 4 is 23.4 Å². The van der Waals surface area contributed by atoms with Crippen molar-refractivity contribution < 1.29 is 4.74 Å². The second kappa shape index (κ2) is 8.92. The van der Waals surface area contributed by atoms with Gasteiger partial charge < -0.3 is 9.30 Å². The number of aromatic nitrogens is 3. The molecular weight excluding hydrogens is 366 g/mol. The first kappa shape index (κ1) is 18.5. The summed E-state index contributed by atoms with van der Waals surface area (Å²) < 4.78 is 7.31. The van der Waals surface area contributed by atoms with Crippen molar-refractivity contribution in [2.24, 2.45) is 0 Å². The third kappa shape index (κ3) is 4.68. The summed E-state index contributed by atoms with van der Waals surface area (Å²) in [4.78, 5) is 0. The lowest BCUT2D eigenvalue weighted by atomic mass is 10.1. The fourth-order valence-corrected chi connectivity index (χ4v) is 3.69. The van der Waals surface area contributed by atoms with E-state index in [0.717, 1.165) is 38.6 Å². The van der Waals surface area contributed by atoms with Crippen molar-refractivity contribution in [2.45, 2.75) is 23.9 Å². The number of rotatable bonds is 8. The molecule has 2 aromatic carbocycles. The molecule has 6 heteroatoms. The standard InChI is InChI=1S/C20H20ClN3OS/c1-3-11-24-19(13-15-7-9-18(25-2)10-8-15)22-23-20(24)26-14-16-5-4-6-17(21)12-16/h3-10,12H,1,11,13-14H2,2H3. The molecule has 3 rings (SSSR count). The molecule has 0 N–H and O–H groups in total. The quantitative estimate of drug-likeness (QED) is 0.403. The van der Waals surface area contributed by atoms with Crippen LogP contribution in [0.25, 0.3) is 0 Å². The van der Waals surface area contributed by atoms with Gasteiger partial charge in [0, 0.05) is 23.7 Å². The minimum absolute atomic E-state index is 0.677. The molecule has 0 atom stereocenters. The molecule has 4 nitrogen and oxygen atoms in total. The summed E-state index contributed by atoms with van der Waals surface area (Å²) in [5.74, 6) is 2.56. The molecule has 1 heterocycles. The van der Waals surface area contributed by atoms with Crippen LogP contribution in [0, 0.1) is 0 Å². The van der Waals surface area contributed by atoms with Crippen LogP contribution in [0.15, 0.2) is 66.3 Å². The van der Waals surface area contributed by atoms with Gasteiger partial charge in [-0.3, -0.25) is 0 Å². The van der Waals surface area contributed by atoms with E-state index >= 15 is 0 Å². The van der Waals surface area contributed by atoms with Crippen LogP contribution < -0.4 is 4.74 Å². The average molecular weight is 386 g/mol. The van der Waals surface area contributed by atoms with Crippen molar-refractivity contribution in [1.82, 2.24) is 14.8 Å². The molecule has 0 bridgehead atoms. The number of thioether (sulfide) groups is 1. The van der Waals surface area contributed by atoms with Crippen LogP contribution in [-0.2, 0) is 18.7 Å². The van der Waals surface area contributed by atoms with E-state index in [1.807, 2.05) is 48.5 Å². The lowest BCUT2D eigenvalue weighted by Gasteiger charge is -2.08. The smallest absolute Gasteiger partial charge is 0.191 e. The fourth-order valence-electron chi connectivity index (χ4n) is 2.57. The van der Waals surface area contributed by atoms with Crippen LogP contribution in [0.5, 0.6) is 5.75 Å². The lowest BCUT2D eigenvalue weighted by Crippen LogP contribution is -2.05. The molecule has 3 aromatic rings. The van der Waals surface area contributed by atoms with Gasteiger partial charge in [0.1, 0.15) is 11.6 Å². The highest BCUT2D eigenvalue weighted by atomic mass is 35.5. The third-order valence-electron chi connectivity index (χ3n) is 3.88. The lowest BCUT2D eigenvalue weighted by molar-refractivity contribution is 0.414. The van der Waals surface area contributed by atoms with Crippen molar-refractivity contribution in [2.75, 3.05) is 7.11 Å². The molecule has 0 unspecified atom stereocenters. The van der Waals surface area contributed by atoms with Crippen LogP contribution in [0.1, 0.15) is 17.0 Å². The number of benzene rings is 2. The Labute approximate surface area is 162 Å². The molecule has 1 aromatic heterocycles. The predicted molar refractivity (Wildman–Crippen MR) is 107 cm³/mol. The minimum atomic E-state index is 0.677. The summed E-state index contributed by atoms with van der Waals surface area (Å²) in [6, 6.07) is 15.9. The largest absolute Gasteiger partial charge is 0.497 e. The molecule has 0 radical (unpaired) electrons. The van der Waals surface area contributed by atoms with Gasteiger partial charge in [-0.1, -0.05) is 53.7 Å². The van der Waals surface area contributed by atoms with E-state index in [1.54, 1.807) is 18.9 Å². The van der Waals surface area contributed by atoms with Crippen LogP contribution >= 0.6 is 23.4 Å². The van der Waals surface area contributed by atoms with Crippen molar-refractivity contribution in [3.63, 3.8) is 0 Å². The molecular formula is C20H20ClN3OS. The normalized spacial score (nSPS) is 10.7. The van der Waals surface area contributed by atoms with Gasteiger partial charge in [0.05, 0.1) is 7.11 Å². The van der Waals surface area contributed by atoms with Crippen LogP contribution in [-0.4, -0.2) is 21.9 Å². The number of hydrogen-bond acceptors (Lipinski definition) is 4. The highest BCUT2D eigenvalue weighted by Crippen LogP contribution is 2.24. The zero-order valence-corrected chi connectivity index (χ0v) is 16.1. The Morgan fingerprint density at radius 1 is 1.15 bits per heavy atom. The van der Waals surface area contributed by atoms with E-state index in [9.17, 15) is 0 Å². The summed E-state index contributed by atoms with van der Waals surface area (Å²) in [7, 11) is 1.67. The Morgan fingerprint density at radius 3 is 2.65 bits per heavy atom. The zero-order valence-electron chi connectivity index (χ0n) is 14.6. The van der Waals surface area contributed by atoms with Crippen molar-refractivity contribution in [1.29, 1.82) is 0 Å². The van der Waals surface area contributed by atoms with E-state index < -0.39 is 0 Å². The fraction of sp³-hybridized carbons (Fsp3) is 0.200. The molecule has 0 aliphatic heterocycles. The minimum Gasteiger partial charge on any atom is -0.497 e. The van der Waals surface area contributed by atoms with Gasteiger partial charge in [-0.2, -0.15) is 0 Å². The van der Waals surface area contributed by atoms with E-state index in [2.05, 4.69) is 27.4 Å². The maximum Gasteiger partial charge on any atom is 0.191 e. The van der Waals surface area contributed by atoms with Crippen LogP contribution in [0.3, 0.4) is 0 Å². The van der Waals surface area contributed by atoms with Gasteiger partial charge >= 0.3 is 0 Å². The highest BCUT2D eigenvalue weighted by Gasteiger charge is 2.12. The summed E-state index contributed by atoms with van der Waals surface area (Å²) >= 11 is 7.71. The number of hydrogen-bond donors (Lipinski definition) is 0. The molecule has 0 fully saturated rings. The Hall–Kier alpha value is -2.24. The van der Waals surface area contributed by atoms with Crippen molar-refractivity contribution in [3.8, 4) is 5.75 Å². The zero-order chi connectivity index (χ0) is 18.4. The van der Waals surface area contributed by atoms with Gasteiger partial charge in [0.2, 0.25) is 0 Å². The number of halogens is 1. The maximum absolute atomic E-state index is 6.06. The van der Waals surface area contributed by atoms with Gasteiger partial charge in [-0.25, -0.2) is 0 Å². The first-order valence-corrected chi connectivity index (χ1v) is 9.59. The number of nitrogens with zero attached hydrogens (tertiary/aromatic N) is 3. The molecule has 134 valence electrons. The maximum atomic E-state index is 6.06. The van der Waals surface area contributed by atoms with Crippen molar-refractivity contribution in [3.05, 3.63) is 83.2 Å². The average Bonchev–Trinajstić information content (AvgIpc) is 3.03. The molecule has 0 saturated carbocycles. The molecule has 0 aliphatic rings. The topological polar surface area (TPSA) is 39.9 Å². The summed E-state index contributed by atoms with van der Waals surface area (Å²) in [5.41, 5.74) is 2.32. The number of allylic oxidation sites excluding steroid dienone is 1. The Balaban J connectivity index is 1.75. The van der Waals surface area contributed by atoms with Crippen LogP contribution in [0.4, 0.5) is 0 Å². The second-order valence-electron chi connectivity index (χ2n) is 5.74.